The zero-order valence-electron chi connectivity index (χ0n) is 16.0. The summed E-state index contributed by atoms with van der Waals surface area (Å²) in [4.78, 5) is 38.5. The smallest absolute Gasteiger partial charge is 0.412 e. The first-order valence-corrected chi connectivity index (χ1v) is 9.12. The molecule has 3 N–H and O–H groups in total. The number of hydrogen-bond acceptors (Lipinski definition) is 9. The monoisotopic (exact) mass is 417 g/mol. The fourth-order valence-corrected chi connectivity index (χ4v) is 2.80. The van der Waals surface area contributed by atoms with E-state index in [1.165, 1.54) is 0 Å². The standard InChI is InChI=1S/C17H24FN3O8/c1-3-4-5-6-27-17(26)20-14-10(18)7-21(16(25)19-14)15-12(24)13(28-9(2)23)11(8-22)29-15/h7,11-13,15,22,24H,3-6,8H2,1-2H3,(H,19,20,25,26)/t11-,12-,13-,15-/m1/s1. The van der Waals surface area contributed by atoms with Crippen molar-refractivity contribution >= 4 is 17.9 Å². The van der Waals surface area contributed by atoms with E-state index in [-0.39, 0.29) is 6.61 Å². The summed E-state index contributed by atoms with van der Waals surface area (Å²) >= 11 is 0. The third-order valence-corrected chi connectivity index (χ3v) is 4.17. The molecule has 0 radical (unpaired) electrons. The number of aromatic nitrogens is 2. The molecule has 1 fully saturated rings. The Hall–Kier alpha value is -2.57. The van der Waals surface area contributed by atoms with Gasteiger partial charge in [-0.05, 0) is 6.42 Å². The van der Waals surface area contributed by atoms with Gasteiger partial charge in [0.2, 0.25) is 0 Å². The zero-order chi connectivity index (χ0) is 21.6. The number of nitrogens with one attached hydrogen (secondary N) is 1. The van der Waals surface area contributed by atoms with Gasteiger partial charge in [0.05, 0.1) is 19.4 Å². The number of anilines is 1. The van der Waals surface area contributed by atoms with Crippen molar-refractivity contribution in [3.8, 4) is 0 Å². The number of carbonyl (C=O) groups excluding carboxylic acids is 2. The topological polar surface area (TPSA) is 149 Å². The Labute approximate surface area is 165 Å². The maximum absolute atomic E-state index is 14.3. The number of esters is 1. The number of unbranched alkanes of at least 4 members (excludes halogenated alkanes) is 2. The number of aliphatic hydroxyl groups excluding tert-OH is 2. The number of halogens is 1. The molecule has 1 aromatic heterocycles. The maximum atomic E-state index is 14.3. The van der Waals surface area contributed by atoms with Crippen LogP contribution in [0.25, 0.3) is 0 Å². The minimum atomic E-state index is -1.56. The molecule has 1 aliphatic heterocycles. The predicted molar refractivity (Wildman–Crippen MR) is 95.5 cm³/mol. The van der Waals surface area contributed by atoms with E-state index >= 15 is 0 Å². The molecule has 11 nitrogen and oxygen atoms in total. The van der Waals surface area contributed by atoms with Gasteiger partial charge < -0.3 is 24.4 Å². The number of rotatable bonds is 8. The van der Waals surface area contributed by atoms with Crippen molar-refractivity contribution in [1.29, 1.82) is 0 Å². The molecule has 1 aromatic rings. The van der Waals surface area contributed by atoms with Crippen LogP contribution in [-0.4, -0.2) is 63.4 Å². The molecule has 2 rings (SSSR count). The second-order valence-electron chi connectivity index (χ2n) is 6.41. The Morgan fingerprint density at radius 3 is 2.76 bits per heavy atom. The summed E-state index contributed by atoms with van der Waals surface area (Å²) in [5.74, 6) is -2.46. The van der Waals surface area contributed by atoms with Crippen LogP contribution >= 0.6 is 0 Å². The lowest BCUT2D eigenvalue weighted by molar-refractivity contribution is -0.153. The number of nitrogens with zero attached hydrogens (tertiary/aromatic N) is 2. The quantitative estimate of drug-likeness (QED) is 0.401. The van der Waals surface area contributed by atoms with E-state index in [9.17, 15) is 29.0 Å². The molecular formula is C17H24FN3O8. The van der Waals surface area contributed by atoms with Crippen molar-refractivity contribution in [2.75, 3.05) is 18.5 Å². The Morgan fingerprint density at radius 2 is 2.14 bits per heavy atom. The molecule has 4 atom stereocenters. The highest BCUT2D eigenvalue weighted by atomic mass is 19.1. The average molecular weight is 417 g/mol. The summed E-state index contributed by atoms with van der Waals surface area (Å²) in [6.07, 6.45) is -3.23. The van der Waals surface area contributed by atoms with E-state index in [1.807, 2.05) is 12.2 Å². The van der Waals surface area contributed by atoms with Crippen LogP contribution in [0.2, 0.25) is 0 Å². The van der Waals surface area contributed by atoms with Gasteiger partial charge in [-0.3, -0.25) is 14.7 Å². The number of carbonyl (C=O) groups is 2. The Bertz CT molecular complexity index is 786. The second-order valence-corrected chi connectivity index (χ2v) is 6.41. The Morgan fingerprint density at radius 1 is 1.41 bits per heavy atom. The first-order chi connectivity index (χ1) is 13.8. The molecule has 0 aromatic carbocycles. The van der Waals surface area contributed by atoms with Gasteiger partial charge in [-0.1, -0.05) is 19.8 Å². The summed E-state index contributed by atoms with van der Waals surface area (Å²) in [5, 5.41) is 21.7. The molecule has 1 aliphatic rings. The molecule has 1 amide bonds. The van der Waals surface area contributed by atoms with Crippen LogP contribution in [0.15, 0.2) is 11.0 Å². The van der Waals surface area contributed by atoms with E-state index < -0.39 is 60.5 Å². The van der Waals surface area contributed by atoms with Crippen LogP contribution < -0.4 is 11.0 Å². The molecule has 0 unspecified atom stereocenters. The molecule has 12 heteroatoms. The zero-order valence-corrected chi connectivity index (χ0v) is 16.0. The van der Waals surface area contributed by atoms with Gasteiger partial charge in [0, 0.05) is 6.92 Å². The first-order valence-electron chi connectivity index (χ1n) is 9.12. The third-order valence-electron chi connectivity index (χ3n) is 4.17. The van der Waals surface area contributed by atoms with Crippen LogP contribution in [-0.2, 0) is 19.0 Å². The van der Waals surface area contributed by atoms with Gasteiger partial charge in [-0.15, -0.1) is 0 Å². The third kappa shape index (κ3) is 5.71. The molecule has 29 heavy (non-hydrogen) atoms. The van der Waals surface area contributed by atoms with Crippen LogP contribution in [0, 0.1) is 5.82 Å². The van der Waals surface area contributed by atoms with Crippen LogP contribution in [0.3, 0.4) is 0 Å². The molecule has 0 spiro atoms. The summed E-state index contributed by atoms with van der Waals surface area (Å²) in [6.45, 7) is 2.61. The summed E-state index contributed by atoms with van der Waals surface area (Å²) in [5.41, 5.74) is -1.04. The minimum absolute atomic E-state index is 0.139. The number of aliphatic hydroxyl groups is 2. The Balaban J connectivity index is 2.13. The SMILES string of the molecule is CCCCCOC(=O)Nc1nc(=O)n([C@@H]2O[C@H](CO)[C@@H](OC(C)=O)[C@H]2O)cc1F. The first kappa shape index (κ1) is 22.7. The van der Waals surface area contributed by atoms with E-state index in [0.717, 1.165) is 19.8 Å². The normalized spacial score (nSPS) is 23.6. The molecule has 2 heterocycles. The van der Waals surface area contributed by atoms with Gasteiger partial charge >= 0.3 is 17.8 Å². The summed E-state index contributed by atoms with van der Waals surface area (Å²) in [6, 6.07) is 0. The fourth-order valence-electron chi connectivity index (χ4n) is 2.80. The summed E-state index contributed by atoms with van der Waals surface area (Å²) in [7, 11) is 0. The van der Waals surface area contributed by atoms with Crippen LogP contribution in [0.5, 0.6) is 0 Å². The van der Waals surface area contributed by atoms with Gasteiger partial charge in [-0.25, -0.2) is 14.0 Å². The predicted octanol–water partition coefficient (Wildman–Crippen LogP) is 0.303. The molecule has 1 saturated heterocycles. The van der Waals surface area contributed by atoms with Gasteiger partial charge in [0.25, 0.3) is 0 Å². The van der Waals surface area contributed by atoms with Gasteiger partial charge in [0.15, 0.2) is 24.0 Å². The van der Waals surface area contributed by atoms with Crippen molar-refractivity contribution in [1.82, 2.24) is 9.55 Å². The largest absolute Gasteiger partial charge is 0.457 e. The second kappa shape index (κ2) is 10.3. The number of ether oxygens (including phenoxy) is 3. The molecule has 0 saturated carbocycles. The Kier molecular flexibility index (Phi) is 8.05. The van der Waals surface area contributed by atoms with Gasteiger partial charge in [-0.2, -0.15) is 4.98 Å². The highest BCUT2D eigenvalue weighted by Crippen LogP contribution is 2.30. The highest BCUT2D eigenvalue weighted by Gasteiger charge is 2.47. The fraction of sp³-hybridized carbons (Fsp3) is 0.647. The lowest BCUT2D eigenvalue weighted by Gasteiger charge is -2.19. The lowest BCUT2D eigenvalue weighted by Crippen LogP contribution is -2.39. The van der Waals surface area contributed by atoms with Crippen LogP contribution in [0.1, 0.15) is 39.3 Å². The summed E-state index contributed by atoms with van der Waals surface area (Å²) < 4.78 is 30.1. The average Bonchev–Trinajstić information content (AvgIpc) is 2.97. The van der Waals surface area contributed by atoms with Gasteiger partial charge in [0.1, 0.15) is 12.2 Å². The number of hydrogen-bond donors (Lipinski definition) is 3. The van der Waals surface area contributed by atoms with Crippen molar-refractivity contribution in [2.24, 2.45) is 0 Å². The minimum Gasteiger partial charge on any atom is -0.457 e. The van der Waals surface area contributed by atoms with Crippen LogP contribution in [0.4, 0.5) is 15.0 Å². The van der Waals surface area contributed by atoms with Crippen molar-refractivity contribution in [3.05, 3.63) is 22.5 Å². The van der Waals surface area contributed by atoms with E-state index in [0.29, 0.717) is 17.2 Å². The molecule has 0 bridgehead atoms. The van der Waals surface area contributed by atoms with E-state index in [1.54, 1.807) is 0 Å². The number of amides is 1. The van der Waals surface area contributed by atoms with Crippen molar-refractivity contribution in [3.63, 3.8) is 0 Å². The maximum Gasteiger partial charge on any atom is 0.412 e. The van der Waals surface area contributed by atoms with Crippen molar-refractivity contribution in [2.45, 2.75) is 57.6 Å². The molecule has 162 valence electrons. The molecular weight excluding hydrogens is 393 g/mol. The lowest BCUT2D eigenvalue weighted by atomic mass is 10.1. The van der Waals surface area contributed by atoms with E-state index in [4.69, 9.17) is 14.2 Å². The van der Waals surface area contributed by atoms with E-state index in [2.05, 4.69) is 4.98 Å². The molecule has 0 aliphatic carbocycles. The highest BCUT2D eigenvalue weighted by molar-refractivity contribution is 5.83. The van der Waals surface area contributed by atoms with Crippen molar-refractivity contribution < 1.29 is 38.4 Å².